The van der Waals surface area contributed by atoms with Crippen molar-refractivity contribution in [3.05, 3.63) is 15.8 Å². The molecule has 17 heavy (non-hydrogen) atoms. The van der Waals surface area contributed by atoms with Crippen LogP contribution in [0.5, 0.6) is 5.75 Å². The summed E-state index contributed by atoms with van der Waals surface area (Å²) in [5.74, 6) is 0.754. The van der Waals surface area contributed by atoms with Crippen LogP contribution in [0.4, 0.5) is 0 Å². The molecule has 1 amide bonds. The van der Waals surface area contributed by atoms with Gasteiger partial charge in [0.15, 0.2) is 0 Å². The molecule has 0 bridgehead atoms. The molecule has 1 fully saturated rings. The Balaban J connectivity index is 2.17. The number of aryl methyl sites for hydroxylation is 1. The van der Waals surface area contributed by atoms with Gasteiger partial charge >= 0.3 is 0 Å². The zero-order chi connectivity index (χ0) is 12.4. The van der Waals surface area contributed by atoms with Crippen LogP contribution in [-0.4, -0.2) is 44.1 Å². The summed E-state index contributed by atoms with van der Waals surface area (Å²) in [4.78, 5) is 16.0. The minimum absolute atomic E-state index is 0.0636. The van der Waals surface area contributed by atoms with Crippen LogP contribution < -0.4 is 10.1 Å². The molecule has 94 valence electrons. The molecular formula is C12H18N2O2S. The first-order valence-corrected chi connectivity index (χ1v) is 6.57. The third-order valence-electron chi connectivity index (χ3n) is 3.14. The van der Waals surface area contributed by atoms with E-state index in [9.17, 15) is 4.79 Å². The summed E-state index contributed by atoms with van der Waals surface area (Å²) in [7, 11) is 3.48. The first kappa shape index (κ1) is 12.4. The van der Waals surface area contributed by atoms with Crippen molar-refractivity contribution < 1.29 is 9.53 Å². The van der Waals surface area contributed by atoms with Crippen molar-refractivity contribution in [3.63, 3.8) is 0 Å². The van der Waals surface area contributed by atoms with Gasteiger partial charge in [0.2, 0.25) is 0 Å². The maximum Gasteiger partial charge on any atom is 0.267 e. The fraction of sp³-hybridized carbons (Fsp3) is 0.583. The number of rotatable bonds is 3. The van der Waals surface area contributed by atoms with Gasteiger partial charge in [-0.2, -0.15) is 0 Å². The summed E-state index contributed by atoms with van der Waals surface area (Å²) in [6, 6.07) is 2.22. The Morgan fingerprint density at radius 2 is 2.41 bits per heavy atom. The lowest BCUT2D eigenvalue weighted by Gasteiger charge is -2.23. The van der Waals surface area contributed by atoms with Crippen molar-refractivity contribution in [2.24, 2.45) is 0 Å². The molecule has 1 N–H and O–H groups in total. The number of amides is 1. The van der Waals surface area contributed by atoms with Gasteiger partial charge in [0.05, 0.1) is 7.11 Å². The summed E-state index contributed by atoms with van der Waals surface area (Å²) in [6.45, 7) is 3.86. The molecule has 4 nitrogen and oxygen atoms in total. The van der Waals surface area contributed by atoms with Gasteiger partial charge in [-0.25, -0.2) is 0 Å². The van der Waals surface area contributed by atoms with E-state index in [0.717, 1.165) is 24.4 Å². The largest absolute Gasteiger partial charge is 0.495 e. The van der Waals surface area contributed by atoms with Crippen molar-refractivity contribution in [2.75, 3.05) is 27.2 Å². The Bertz CT molecular complexity index is 411. The van der Waals surface area contributed by atoms with Crippen LogP contribution in [0, 0.1) is 6.92 Å². The Hall–Kier alpha value is -1.07. The number of nitrogens with one attached hydrogen (secondary N) is 1. The molecule has 1 aromatic heterocycles. The van der Waals surface area contributed by atoms with E-state index in [1.807, 2.05) is 24.9 Å². The van der Waals surface area contributed by atoms with E-state index in [0.29, 0.717) is 16.7 Å². The van der Waals surface area contributed by atoms with Gasteiger partial charge in [0.1, 0.15) is 10.6 Å². The van der Waals surface area contributed by atoms with Crippen molar-refractivity contribution >= 4 is 17.2 Å². The summed E-state index contributed by atoms with van der Waals surface area (Å²) >= 11 is 1.50. The minimum Gasteiger partial charge on any atom is -0.495 e. The number of hydrogen-bond donors (Lipinski definition) is 1. The number of carbonyl (C=O) groups is 1. The SMILES string of the molecule is COc1cc(C)sc1C(=O)N(C)[C@@H]1CCNC1. The van der Waals surface area contributed by atoms with E-state index < -0.39 is 0 Å². The quantitative estimate of drug-likeness (QED) is 0.889. The molecule has 0 spiro atoms. The Labute approximate surface area is 106 Å². The summed E-state index contributed by atoms with van der Waals surface area (Å²) in [5.41, 5.74) is 0. The maximum atomic E-state index is 12.4. The average Bonchev–Trinajstić information content (AvgIpc) is 2.95. The highest BCUT2D eigenvalue weighted by Crippen LogP contribution is 2.30. The molecule has 1 aliphatic rings. The Morgan fingerprint density at radius 3 is 3.00 bits per heavy atom. The lowest BCUT2D eigenvalue weighted by atomic mass is 10.2. The highest BCUT2D eigenvalue weighted by atomic mass is 32.1. The molecule has 1 aliphatic heterocycles. The summed E-state index contributed by atoms with van der Waals surface area (Å²) < 4.78 is 5.25. The van der Waals surface area contributed by atoms with Crippen LogP contribution in [0.15, 0.2) is 6.07 Å². The first-order chi connectivity index (χ1) is 8.13. The summed E-state index contributed by atoms with van der Waals surface area (Å²) in [6.07, 6.45) is 1.02. The van der Waals surface area contributed by atoms with Crippen LogP contribution >= 0.6 is 11.3 Å². The third-order valence-corrected chi connectivity index (χ3v) is 4.16. The van der Waals surface area contributed by atoms with Gasteiger partial charge in [-0.1, -0.05) is 0 Å². The van der Waals surface area contributed by atoms with Gasteiger partial charge in [0.25, 0.3) is 5.91 Å². The number of carbonyl (C=O) groups excluding carboxylic acids is 1. The molecule has 0 aromatic carbocycles. The van der Waals surface area contributed by atoms with Crippen LogP contribution in [0.3, 0.4) is 0 Å². The predicted octanol–water partition coefficient (Wildman–Crippen LogP) is 1.50. The van der Waals surface area contributed by atoms with Crippen molar-refractivity contribution in [1.29, 1.82) is 0 Å². The van der Waals surface area contributed by atoms with Gasteiger partial charge in [-0.05, 0) is 26.0 Å². The second-order valence-corrected chi connectivity index (χ2v) is 5.57. The standard InChI is InChI=1S/C12H18N2O2S/c1-8-6-10(16-3)11(17-8)12(15)14(2)9-4-5-13-7-9/h6,9,13H,4-5,7H2,1-3H3/t9-/m1/s1. The second kappa shape index (κ2) is 5.06. The van der Waals surface area contributed by atoms with Crippen molar-refractivity contribution in [2.45, 2.75) is 19.4 Å². The van der Waals surface area contributed by atoms with Crippen LogP contribution in [0.1, 0.15) is 21.0 Å². The lowest BCUT2D eigenvalue weighted by Crippen LogP contribution is -2.38. The molecule has 1 aromatic rings. The molecule has 0 saturated carbocycles. The fourth-order valence-electron chi connectivity index (χ4n) is 2.09. The normalized spacial score (nSPS) is 19.4. The van der Waals surface area contributed by atoms with Gasteiger partial charge in [-0.15, -0.1) is 11.3 Å². The zero-order valence-electron chi connectivity index (χ0n) is 10.4. The van der Waals surface area contributed by atoms with Crippen LogP contribution in [0.25, 0.3) is 0 Å². The molecule has 2 heterocycles. The van der Waals surface area contributed by atoms with E-state index in [2.05, 4.69) is 5.32 Å². The topological polar surface area (TPSA) is 41.6 Å². The molecule has 2 rings (SSSR count). The van der Waals surface area contributed by atoms with E-state index >= 15 is 0 Å². The second-order valence-electron chi connectivity index (χ2n) is 4.32. The highest BCUT2D eigenvalue weighted by Gasteiger charge is 2.27. The summed E-state index contributed by atoms with van der Waals surface area (Å²) in [5, 5.41) is 3.27. The number of thiophene rings is 1. The number of ether oxygens (including phenoxy) is 1. The Morgan fingerprint density at radius 1 is 1.65 bits per heavy atom. The Kier molecular flexibility index (Phi) is 3.69. The molecule has 0 unspecified atom stereocenters. The minimum atomic E-state index is 0.0636. The number of hydrogen-bond acceptors (Lipinski definition) is 4. The number of nitrogens with zero attached hydrogens (tertiary/aromatic N) is 1. The van der Waals surface area contributed by atoms with E-state index in [4.69, 9.17) is 4.74 Å². The molecule has 0 aliphatic carbocycles. The number of likely N-dealkylation sites (N-methyl/N-ethyl adjacent to an activating group) is 1. The van der Waals surface area contributed by atoms with Crippen LogP contribution in [-0.2, 0) is 0 Å². The smallest absolute Gasteiger partial charge is 0.267 e. The van der Waals surface area contributed by atoms with E-state index in [-0.39, 0.29) is 5.91 Å². The molecule has 1 atom stereocenters. The van der Waals surface area contributed by atoms with Crippen molar-refractivity contribution in [3.8, 4) is 5.75 Å². The molecular weight excluding hydrogens is 236 g/mol. The third kappa shape index (κ3) is 2.45. The monoisotopic (exact) mass is 254 g/mol. The first-order valence-electron chi connectivity index (χ1n) is 5.75. The predicted molar refractivity (Wildman–Crippen MR) is 69.0 cm³/mol. The van der Waals surface area contributed by atoms with Crippen molar-refractivity contribution in [1.82, 2.24) is 10.2 Å². The lowest BCUT2D eigenvalue weighted by molar-refractivity contribution is 0.0745. The molecule has 0 radical (unpaired) electrons. The van der Waals surface area contributed by atoms with E-state index in [1.54, 1.807) is 7.11 Å². The van der Waals surface area contributed by atoms with Crippen LogP contribution in [0.2, 0.25) is 0 Å². The zero-order valence-corrected chi connectivity index (χ0v) is 11.3. The van der Waals surface area contributed by atoms with Gasteiger partial charge in [0, 0.05) is 24.5 Å². The van der Waals surface area contributed by atoms with Gasteiger partial charge in [-0.3, -0.25) is 4.79 Å². The number of methoxy groups -OCH3 is 1. The molecule has 5 heteroatoms. The van der Waals surface area contributed by atoms with Gasteiger partial charge < -0.3 is 15.0 Å². The highest BCUT2D eigenvalue weighted by molar-refractivity contribution is 7.14. The molecule has 1 saturated heterocycles. The maximum absolute atomic E-state index is 12.4. The average molecular weight is 254 g/mol. The fourth-order valence-corrected chi connectivity index (χ4v) is 3.05. The van der Waals surface area contributed by atoms with E-state index in [1.165, 1.54) is 11.3 Å².